The molecule has 19 heavy (non-hydrogen) atoms. The van der Waals surface area contributed by atoms with Crippen molar-refractivity contribution in [3.05, 3.63) is 10.7 Å². The molecule has 1 heterocycles. The van der Waals surface area contributed by atoms with Crippen LogP contribution in [0.1, 0.15) is 43.2 Å². The first-order valence-electron chi connectivity index (χ1n) is 5.87. The fourth-order valence-corrected chi connectivity index (χ4v) is 1.97. The predicted molar refractivity (Wildman–Crippen MR) is 72.0 cm³/mol. The van der Waals surface area contributed by atoms with Gasteiger partial charge in [-0.2, -0.15) is 0 Å². The Hall–Kier alpha value is -1.63. The molecule has 0 radical (unpaired) electrons. The van der Waals surface area contributed by atoms with Crippen molar-refractivity contribution in [3.63, 3.8) is 0 Å². The zero-order valence-corrected chi connectivity index (χ0v) is 12.3. The average Bonchev–Trinajstić information content (AvgIpc) is 2.58. The van der Waals surface area contributed by atoms with Crippen molar-refractivity contribution in [1.82, 2.24) is 4.98 Å². The van der Waals surface area contributed by atoms with Gasteiger partial charge in [-0.25, -0.2) is 9.78 Å². The molecule has 0 aromatic carbocycles. The van der Waals surface area contributed by atoms with Crippen LogP contribution in [0.15, 0.2) is 0 Å². The van der Waals surface area contributed by atoms with E-state index < -0.39 is 17.5 Å². The van der Waals surface area contributed by atoms with E-state index in [1.165, 1.54) is 0 Å². The second-order valence-electron chi connectivity index (χ2n) is 4.81. The number of nitrogens with two attached hydrogens (primary N) is 1. The quantitative estimate of drug-likeness (QED) is 0.848. The fraction of sp³-hybridized carbons (Fsp3) is 0.583. The summed E-state index contributed by atoms with van der Waals surface area (Å²) in [6.07, 6.45) is -0.0427. The molecule has 2 N–H and O–H groups in total. The molecule has 0 aliphatic heterocycles. The molecule has 0 aliphatic rings. The van der Waals surface area contributed by atoms with Crippen LogP contribution in [-0.4, -0.2) is 29.1 Å². The zero-order valence-electron chi connectivity index (χ0n) is 11.5. The molecule has 0 saturated carbocycles. The maximum absolute atomic E-state index is 11.8. The largest absolute Gasteiger partial charge is 0.466 e. The van der Waals surface area contributed by atoms with Crippen molar-refractivity contribution in [3.8, 4) is 0 Å². The number of aromatic nitrogens is 1. The second-order valence-corrected chi connectivity index (χ2v) is 5.84. The number of esters is 2. The van der Waals surface area contributed by atoms with Gasteiger partial charge in [0.2, 0.25) is 5.01 Å². The van der Waals surface area contributed by atoms with E-state index >= 15 is 0 Å². The van der Waals surface area contributed by atoms with Crippen LogP contribution in [0.25, 0.3) is 0 Å². The number of thiazole rings is 1. The monoisotopic (exact) mass is 286 g/mol. The van der Waals surface area contributed by atoms with E-state index in [9.17, 15) is 9.59 Å². The van der Waals surface area contributed by atoms with Gasteiger partial charge in [-0.3, -0.25) is 4.79 Å². The van der Waals surface area contributed by atoms with Crippen LogP contribution >= 0.6 is 11.3 Å². The summed E-state index contributed by atoms with van der Waals surface area (Å²) < 4.78 is 9.99. The lowest BCUT2D eigenvalue weighted by molar-refractivity contribution is -0.142. The molecule has 0 bridgehead atoms. The van der Waals surface area contributed by atoms with Crippen molar-refractivity contribution in [2.24, 2.45) is 0 Å². The molecular formula is C12H18N2O4S. The van der Waals surface area contributed by atoms with Crippen molar-refractivity contribution >= 4 is 28.3 Å². The van der Waals surface area contributed by atoms with Crippen LogP contribution < -0.4 is 5.73 Å². The van der Waals surface area contributed by atoms with E-state index in [0.29, 0.717) is 17.3 Å². The molecule has 0 saturated heterocycles. The molecule has 0 aliphatic carbocycles. The third kappa shape index (κ3) is 4.86. The lowest BCUT2D eigenvalue weighted by Crippen LogP contribution is -2.23. The second kappa shape index (κ2) is 6.01. The van der Waals surface area contributed by atoms with Gasteiger partial charge in [0.25, 0.3) is 0 Å². The summed E-state index contributed by atoms with van der Waals surface area (Å²) in [6, 6.07) is 0. The summed E-state index contributed by atoms with van der Waals surface area (Å²) in [6.45, 7) is 7.31. The standard InChI is InChI=1S/C12H18N2O4S/c1-5-17-8(15)6-7-9(13)19-10(14-7)11(16)18-12(2,3)4/h5-6,13H2,1-4H3. The number of carbonyl (C=O) groups excluding carboxylic acids is 2. The Kier molecular flexibility index (Phi) is 4.88. The topological polar surface area (TPSA) is 91.5 Å². The number of nitrogens with zero attached hydrogens (tertiary/aromatic N) is 1. The highest BCUT2D eigenvalue weighted by atomic mass is 32.1. The van der Waals surface area contributed by atoms with E-state index in [2.05, 4.69) is 4.98 Å². The molecule has 1 aromatic heterocycles. The van der Waals surface area contributed by atoms with Gasteiger partial charge < -0.3 is 15.2 Å². The molecule has 0 atom stereocenters. The van der Waals surface area contributed by atoms with Crippen LogP contribution in [0.3, 0.4) is 0 Å². The van der Waals surface area contributed by atoms with Crippen molar-refractivity contribution in [2.45, 2.75) is 39.7 Å². The number of hydrogen-bond acceptors (Lipinski definition) is 7. The molecule has 6 nitrogen and oxygen atoms in total. The summed E-state index contributed by atoms with van der Waals surface area (Å²) in [5.41, 5.74) is 5.48. The molecule has 0 unspecified atom stereocenters. The van der Waals surface area contributed by atoms with Gasteiger partial charge in [0.15, 0.2) is 0 Å². The smallest absolute Gasteiger partial charge is 0.368 e. The van der Waals surface area contributed by atoms with Crippen LogP contribution in [-0.2, 0) is 20.7 Å². The Balaban J connectivity index is 2.79. The summed E-state index contributed by atoms with van der Waals surface area (Å²) in [7, 11) is 0. The first kappa shape index (κ1) is 15.4. The summed E-state index contributed by atoms with van der Waals surface area (Å²) in [4.78, 5) is 27.2. The van der Waals surface area contributed by atoms with E-state index in [-0.39, 0.29) is 11.4 Å². The molecule has 106 valence electrons. The molecule has 7 heteroatoms. The molecule has 1 aromatic rings. The SMILES string of the molecule is CCOC(=O)Cc1nc(C(=O)OC(C)(C)C)sc1N. The molecule has 1 rings (SSSR count). The number of anilines is 1. The maximum atomic E-state index is 11.8. The van der Waals surface area contributed by atoms with Crippen LogP contribution in [0, 0.1) is 0 Å². The Morgan fingerprint density at radius 3 is 2.53 bits per heavy atom. The van der Waals surface area contributed by atoms with Gasteiger partial charge in [-0.1, -0.05) is 11.3 Å². The molecule has 0 amide bonds. The normalized spacial score (nSPS) is 11.2. The average molecular weight is 286 g/mol. The van der Waals surface area contributed by atoms with Gasteiger partial charge in [0.1, 0.15) is 10.6 Å². The van der Waals surface area contributed by atoms with Crippen LogP contribution in [0.4, 0.5) is 5.00 Å². The van der Waals surface area contributed by atoms with Crippen LogP contribution in [0.2, 0.25) is 0 Å². The minimum absolute atomic E-state index is 0.0427. The third-order valence-corrected chi connectivity index (χ3v) is 2.83. The minimum Gasteiger partial charge on any atom is -0.466 e. The fourth-order valence-electron chi connectivity index (χ4n) is 1.25. The molecular weight excluding hydrogens is 268 g/mol. The number of rotatable bonds is 4. The highest BCUT2D eigenvalue weighted by Gasteiger charge is 2.23. The van der Waals surface area contributed by atoms with Crippen molar-refractivity contribution in [2.75, 3.05) is 12.3 Å². The Labute approximate surface area is 115 Å². The minimum atomic E-state index is -0.598. The maximum Gasteiger partial charge on any atom is 0.368 e. The van der Waals surface area contributed by atoms with Gasteiger partial charge in [0, 0.05) is 0 Å². The zero-order chi connectivity index (χ0) is 14.6. The summed E-state index contributed by atoms with van der Waals surface area (Å²) in [5.74, 6) is -0.963. The van der Waals surface area contributed by atoms with Gasteiger partial charge in [-0.15, -0.1) is 0 Å². The predicted octanol–water partition coefficient (Wildman–Crippen LogP) is 1.79. The lowest BCUT2D eigenvalue weighted by Gasteiger charge is -2.18. The summed E-state index contributed by atoms with van der Waals surface area (Å²) >= 11 is 1.01. The van der Waals surface area contributed by atoms with E-state index in [4.69, 9.17) is 15.2 Å². The molecule has 0 fully saturated rings. The number of carbonyl (C=O) groups is 2. The summed E-state index contributed by atoms with van der Waals surface area (Å²) in [5, 5.41) is 0.473. The Morgan fingerprint density at radius 2 is 2.00 bits per heavy atom. The van der Waals surface area contributed by atoms with E-state index in [1.807, 2.05) is 0 Å². The van der Waals surface area contributed by atoms with E-state index in [0.717, 1.165) is 11.3 Å². The highest BCUT2D eigenvalue weighted by Crippen LogP contribution is 2.24. The number of ether oxygens (including phenoxy) is 2. The van der Waals surface area contributed by atoms with Gasteiger partial charge in [-0.05, 0) is 27.7 Å². The molecule has 0 spiro atoms. The van der Waals surface area contributed by atoms with Gasteiger partial charge >= 0.3 is 11.9 Å². The van der Waals surface area contributed by atoms with E-state index in [1.54, 1.807) is 27.7 Å². The first-order chi connectivity index (χ1) is 8.73. The highest BCUT2D eigenvalue weighted by molar-refractivity contribution is 7.17. The number of hydrogen-bond donors (Lipinski definition) is 1. The van der Waals surface area contributed by atoms with Crippen molar-refractivity contribution < 1.29 is 19.1 Å². The van der Waals surface area contributed by atoms with Gasteiger partial charge in [0.05, 0.1) is 18.7 Å². The van der Waals surface area contributed by atoms with Crippen molar-refractivity contribution in [1.29, 1.82) is 0 Å². The van der Waals surface area contributed by atoms with Crippen LogP contribution in [0.5, 0.6) is 0 Å². The number of nitrogen functional groups attached to an aromatic ring is 1. The Morgan fingerprint density at radius 1 is 1.37 bits per heavy atom. The first-order valence-corrected chi connectivity index (χ1v) is 6.68. The Bertz CT molecular complexity index is 477. The third-order valence-electron chi connectivity index (χ3n) is 1.92. The lowest BCUT2D eigenvalue weighted by atomic mass is 10.2.